The quantitative estimate of drug-likeness (QED) is 0.217. The van der Waals surface area contributed by atoms with Crippen LogP contribution in [0.25, 0.3) is 21.9 Å². The van der Waals surface area contributed by atoms with Gasteiger partial charge in [0.05, 0.1) is 17.4 Å². The highest BCUT2D eigenvalue weighted by molar-refractivity contribution is 6.04. The average Bonchev–Trinajstić information content (AvgIpc) is 3.16. The van der Waals surface area contributed by atoms with Crippen molar-refractivity contribution in [3.63, 3.8) is 0 Å². The summed E-state index contributed by atoms with van der Waals surface area (Å²) < 4.78 is 21.1. The molecule has 2 aromatic heterocycles. The van der Waals surface area contributed by atoms with Gasteiger partial charge in [0, 0.05) is 23.8 Å². The Labute approximate surface area is 168 Å². The van der Waals surface area contributed by atoms with Gasteiger partial charge in [0.1, 0.15) is 5.75 Å². The van der Waals surface area contributed by atoms with Crippen molar-refractivity contribution in [1.29, 1.82) is 0 Å². The minimum Gasteiger partial charge on any atom is -0.460 e. The Morgan fingerprint density at radius 2 is 1.63 bits per heavy atom. The summed E-state index contributed by atoms with van der Waals surface area (Å²) >= 11 is 0. The molecule has 0 N–H and O–H groups in total. The van der Waals surface area contributed by atoms with E-state index in [9.17, 15) is 19.2 Å². The van der Waals surface area contributed by atoms with Crippen LogP contribution in [0.3, 0.4) is 0 Å². The number of rotatable bonds is 4. The lowest BCUT2D eigenvalue weighted by molar-refractivity contribution is -0.131. The van der Waals surface area contributed by atoms with E-state index in [2.05, 4.69) is 0 Å². The van der Waals surface area contributed by atoms with Crippen LogP contribution >= 0.6 is 0 Å². The SMILES string of the molecule is CC(=O)Oc1ccc(C(=O)Oc2c3occc3cc3ccc(=O)oc23)cc1C(C)=O. The van der Waals surface area contributed by atoms with Crippen LogP contribution in [0.5, 0.6) is 11.5 Å². The Morgan fingerprint density at radius 3 is 2.37 bits per heavy atom. The monoisotopic (exact) mass is 406 g/mol. The van der Waals surface area contributed by atoms with Crippen molar-refractivity contribution in [2.24, 2.45) is 0 Å². The molecule has 0 amide bonds. The van der Waals surface area contributed by atoms with Crippen molar-refractivity contribution in [2.75, 3.05) is 0 Å². The van der Waals surface area contributed by atoms with Gasteiger partial charge in [-0.05, 0) is 43.3 Å². The molecule has 0 spiro atoms. The Hall–Kier alpha value is -4.20. The lowest BCUT2D eigenvalue weighted by Crippen LogP contribution is -2.12. The van der Waals surface area contributed by atoms with E-state index in [1.165, 1.54) is 44.4 Å². The fourth-order valence-corrected chi connectivity index (χ4v) is 3.03. The molecular formula is C22H14O8. The van der Waals surface area contributed by atoms with Crippen molar-refractivity contribution >= 4 is 39.7 Å². The van der Waals surface area contributed by atoms with Gasteiger partial charge in [0.25, 0.3) is 0 Å². The Kier molecular flexibility index (Phi) is 4.67. The molecule has 2 aromatic carbocycles. The van der Waals surface area contributed by atoms with Gasteiger partial charge in [0.2, 0.25) is 5.75 Å². The van der Waals surface area contributed by atoms with Crippen LogP contribution in [0.2, 0.25) is 0 Å². The van der Waals surface area contributed by atoms with Crippen LogP contribution in [0.15, 0.2) is 62.4 Å². The highest BCUT2D eigenvalue weighted by atomic mass is 16.5. The Bertz CT molecular complexity index is 1390. The number of esters is 2. The summed E-state index contributed by atoms with van der Waals surface area (Å²) in [5, 5.41) is 1.19. The largest absolute Gasteiger partial charge is 0.460 e. The number of Topliss-reactive ketones (excluding diaryl/α,β-unsaturated/α-hetero) is 1. The fraction of sp³-hybridized carbons (Fsp3) is 0.0909. The van der Waals surface area contributed by atoms with Crippen LogP contribution in [0.4, 0.5) is 0 Å². The van der Waals surface area contributed by atoms with Crippen molar-refractivity contribution in [2.45, 2.75) is 13.8 Å². The number of benzene rings is 2. The highest BCUT2D eigenvalue weighted by Gasteiger charge is 2.21. The van der Waals surface area contributed by atoms with Gasteiger partial charge in [0.15, 0.2) is 16.9 Å². The Balaban J connectivity index is 1.79. The standard InChI is InChI=1S/C22H14O8/c1-11(23)16-10-15(3-5-17(16)28-12(2)24)22(26)30-21-19-14(7-8-27-19)9-13-4-6-18(25)29-20(13)21/h3-10H,1-2H3. The van der Waals surface area contributed by atoms with Crippen molar-refractivity contribution < 1.29 is 32.7 Å². The third-order valence-electron chi connectivity index (χ3n) is 4.33. The maximum atomic E-state index is 12.8. The maximum absolute atomic E-state index is 12.8. The number of carbonyl (C=O) groups is 3. The summed E-state index contributed by atoms with van der Waals surface area (Å²) in [6, 6.07) is 10.2. The first-order valence-electron chi connectivity index (χ1n) is 8.83. The second kappa shape index (κ2) is 7.32. The zero-order chi connectivity index (χ0) is 21.4. The van der Waals surface area contributed by atoms with E-state index < -0.39 is 23.3 Å². The minimum absolute atomic E-state index is 0.0334. The van der Waals surface area contributed by atoms with E-state index in [1.54, 1.807) is 18.2 Å². The molecule has 0 aliphatic rings. The zero-order valence-electron chi connectivity index (χ0n) is 15.9. The molecule has 0 aliphatic carbocycles. The molecule has 2 heterocycles. The van der Waals surface area contributed by atoms with Gasteiger partial charge in [-0.2, -0.15) is 0 Å². The Morgan fingerprint density at radius 1 is 0.867 bits per heavy atom. The third-order valence-corrected chi connectivity index (χ3v) is 4.33. The van der Waals surface area contributed by atoms with E-state index in [1.807, 2.05) is 0 Å². The van der Waals surface area contributed by atoms with E-state index >= 15 is 0 Å². The van der Waals surface area contributed by atoms with Crippen molar-refractivity contribution in [3.05, 3.63) is 70.3 Å². The summed E-state index contributed by atoms with van der Waals surface area (Å²) in [5.74, 6) is -1.83. The molecule has 150 valence electrons. The average molecular weight is 406 g/mol. The predicted octanol–water partition coefficient (Wildman–Crippen LogP) is 3.89. The molecule has 0 atom stereocenters. The second-order valence-corrected chi connectivity index (χ2v) is 6.47. The van der Waals surface area contributed by atoms with Gasteiger partial charge in [-0.1, -0.05) is 0 Å². The number of ketones is 1. The normalized spacial score (nSPS) is 10.9. The number of furan rings is 1. The van der Waals surface area contributed by atoms with Gasteiger partial charge in [-0.25, -0.2) is 9.59 Å². The molecule has 0 radical (unpaired) electrons. The van der Waals surface area contributed by atoms with E-state index in [0.29, 0.717) is 10.8 Å². The van der Waals surface area contributed by atoms with Crippen LogP contribution in [0.1, 0.15) is 34.6 Å². The number of carbonyl (C=O) groups excluding carboxylic acids is 3. The fourth-order valence-electron chi connectivity index (χ4n) is 3.03. The topological polar surface area (TPSA) is 113 Å². The molecule has 0 unspecified atom stereocenters. The summed E-state index contributed by atoms with van der Waals surface area (Å²) in [6.45, 7) is 2.48. The number of ether oxygens (including phenoxy) is 2. The summed E-state index contributed by atoms with van der Waals surface area (Å²) in [4.78, 5) is 47.7. The molecular weight excluding hydrogens is 392 g/mol. The van der Waals surface area contributed by atoms with Crippen molar-refractivity contribution in [1.82, 2.24) is 0 Å². The van der Waals surface area contributed by atoms with E-state index in [0.717, 1.165) is 0 Å². The highest BCUT2D eigenvalue weighted by Crippen LogP contribution is 2.35. The second-order valence-electron chi connectivity index (χ2n) is 6.47. The molecule has 30 heavy (non-hydrogen) atoms. The van der Waals surface area contributed by atoms with Crippen LogP contribution in [-0.4, -0.2) is 17.7 Å². The zero-order valence-corrected chi connectivity index (χ0v) is 15.9. The number of hydrogen-bond donors (Lipinski definition) is 0. The molecule has 8 heteroatoms. The van der Waals surface area contributed by atoms with Gasteiger partial charge in [-0.15, -0.1) is 0 Å². The first-order valence-corrected chi connectivity index (χ1v) is 8.83. The van der Waals surface area contributed by atoms with Crippen LogP contribution in [-0.2, 0) is 4.79 Å². The number of fused-ring (bicyclic) bond motifs is 2. The summed E-state index contributed by atoms with van der Waals surface area (Å²) in [7, 11) is 0. The molecule has 4 aromatic rings. The lowest BCUT2D eigenvalue weighted by atomic mass is 10.1. The van der Waals surface area contributed by atoms with Gasteiger partial charge in [-0.3, -0.25) is 9.59 Å². The summed E-state index contributed by atoms with van der Waals surface area (Å²) in [5.41, 5.74) is -0.246. The molecule has 4 rings (SSSR count). The molecule has 0 fully saturated rings. The minimum atomic E-state index is -0.816. The van der Waals surface area contributed by atoms with Gasteiger partial charge >= 0.3 is 17.6 Å². The number of hydrogen-bond acceptors (Lipinski definition) is 8. The summed E-state index contributed by atoms with van der Waals surface area (Å²) in [6.07, 6.45) is 1.42. The molecule has 0 bridgehead atoms. The molecule has 0 saturated carbocycles. The van der Waals surface area contributed by atoms with Crippen molar-refractivity contribution in [3.8, 4) is 11.5 Å². The van der Waals surface area contributed by atoms with Crippen LogP contribution < -0.4 is 15.1 Å². The first kappa shape index (κ1) is 19.1. The first-order chi connectivity index (χ1) is 14.3. The third kappa shape index (κ3) is 3.46. The molecule has 0 saturated heterocycles. The van der Waals surface area contributed by atoms with Gasteiger partial charge < -0.3 is 18.3 Å². The molecule has 0 aliphatic heterocycles. The maximum Gasteiger partial charge on any atom is 0.343 e. The van der Waals surface area contributed by atoms with E-state index in [4.69, 9.17) is 18.3 Å². The predicted molar refractivity (Wildman–Crippen MR) is 105 cm³/mol. The van der Waals surface area contributed by atoms with Crippen LogP contribution in [0, 0.1) is 0 Å². The smallest absolute Gasteiger partial charge is 0.343 e. The lowest BCUT2D eigenvalue weighted by Gasteiger charge is -2.10. The van der Waals surface area contributed by atoms with E-state index in [-0.39, 0.29) is 33.8 Å². The molecule has 8 nitrogen and oxygen atoms in total.